The van der Waals surface area contributed by atoms with Gasteiger partial charge in [-0.25, -0.2) is 4.79 Å². The molecule has 1 aromatic carbocycles. The van der Waals surface area contributed by atoms with Crippen molar-refractivity contribution in [2.75, 3.05) is 20.1 Å². The highest BCUT2D eigenvalue weighted by Gasteiger charge is 2.51. The molecule has 2 fully saturated rings. The summed E-state index contributed by atoms with van der Waals surface area (Å²) in [5.41, 5.74) is -0.294. The molecular formula is C15H15ClIN3O3. The Kier molecular flexibility index (Phi) is 4.26. The van der Waals surface area contributed by atoms with Gasteiger partial charge in [0.25, 0.3) is 11.8 Å². The Morgan fingerprint density at radius 1 is 1.30 bits per heavy atom. The van der Waals surface area contributed by atoms with Crippen molar-refractivity contribution in [3.63, 3.8) is 0 Å². The zero-order valence-electron chi connectivity index (χ0n) is 12.4. The topological polar surface area (TPSA) is 69.7 Å². The van der Waals surface area contributed by atoms with E-state index in [1.165, 1.54) is 7.05 Å². The minimum atomic E-state index is -0.857. The molecule has 0 bridgehead atoms. The molecular weight excluding hydrogens is 433 g/mol. The number of likely N-dealkylation sites (tertiary alicyclic amines) is 1. The number of rotatable bonds is 1. The highest BCUT2D eigenvalue weighted by molar-refractivity contribution is 14.1. The fourth-order valence-corrected chi connectivity index (χ4v) is 3.76. The highest BCUT2D eigenvalue weighted by Crippen LogP contribution is 2.30. The van der Waals surface area contributed by atoms with Gasteiger partial charge in [0.1, 0.15) is 5.54 Å². The van der Waals surface area contributed by atoms with Crippen molar-refractivity contribution in [2.45, 2.75) is 18.4 Å². The van der Waals surface area contributed by atoms with Gasteiger partial charge in [0.2, 0.25) is 0 Å². The fraction of sp³-hybridized carbons (Fsp3) is 0.400. The molecule has 0 atom stereocenters. The number of piperidine rings is 1. The van der Waals surface area contributed by atoms with Gasteiger partial charge in [-0.3, -0.25) is 14.5 Å². The number of nitrogens with zero attached hydrogens (tertiary/aromatic N) is 2. The summed E-state index contributed by atoms with van der Waals surface area (Å²) in [5.74, 6) is -0.316. The Labute approximate surface area is 152 Å². The van der Waals surface area contributed by atoms with Crippen LogP contribution in [0.3, 0.4) is 0 Å². The van der Waals surface area contributed by atoms with E-state index in [4.69, 9.17) is 11.6 Å². The van der Waals surface area contributed by atoms with Gasteiger partial charge in [-0.15, -0.1) is 0 Å². The molecule has 2 aliphatic heterocycles. The maximum absolute atomic E-state index is 12.7. The minimum Gasteiger partial charge on any atom is -0.338 e. The average Bonchev–Trinajstić information content (AvgIpc) is 2.74. The van der Waals surface area contributed by atoms with Crippen LogP contribution in [0.15, 0.2) is 18.2 Å². The van der Waals surface area contributed by atoms with Crippen molar-refractivity contribution in [2.24, 2.45) is 0 Å². The fourth-order valence-electron chi connectivity index (χ4n) is 3.02. The number of carbonyl (C=O) groups is 3. The van der Waals surface area contributed by atoms with E-state index in [9.17, 15) is 14.4 Å². The van der Waals surface area contributed by atoms with Crippen LogP contribution >= 0.6 is 34.2 Å². The van der Waals surface area contributed by atoms with Crippen LogP contribution in [0.5, 0.6) is 0 Å². The van der Waals surface area contributed by atoms with Gasteiger partial charge in [-0.05, 0) is 53.6 Å². The van der Waals surface area contributed by atoms with E-state index in [1.807, 2.05) is 0 Å². The number of carbonyl (C=O) groups excluding carboxylic acids is 3. The number of nitrogens with one attached hydrogen (secondary N) is 1. The zero-order chi connectivity index (χ0) is 16.8. The van der Waals surface area contributed by atoms with Gasteiger partial charge in [-0.1, -0.05) is 11.6 Å². The standard InChI is InChI=1S/C15H15ClIN3O3/c1-19-13(22)15(18-14(19)23)4-6-20(7-5-15)12(21)10-8-9(16)2-3-11(10)17/h2-3,8H,4-7H2,1H3,(H,18,23). The number of imide groups is 1. The summed E-state index contributed by atoms with van der Waals surface area (Å²) < 4.78 is 0.835. The molecule has 122 valence electrons. The molecule has 2 heterocycles. The predicted molar refractivity (Wildman–Crippen MR) is 93.3 cm³/mol. The van der Waals surface area contributed by atoms with Crippen LogP contribution in [0.25, 0.3) is 0 Å². The van der Waals surface area contributed by atoms with Crippen molar-refractivity contribution < 1.29 is 14.4 Å². The van der Waals surface area contributed by atoms with Crippen molar-refractivity contribution in [1.29, 1.82) is 0 Å². The molecule has 0 saturated carbocycles. The first kappa shape index (κ1) is 16.5. The van der Waals surface area contributed by atoms with Gasteiger partial charge >= 0.3 is 6.03 Å². The highest BCUT2D eigenvalue weighted by atomic mass is 127. The molecule has 3 rings (SSSR count). The SMILES string of the molecule is CN1C(=O)NC2(CCN(C(=O)c3cc(Cl)ccc3I)CC2)C1=O. The lowest BCUT2D eigenvalue weighted by Gasteiger charge is -2.37. The van der Waals surface area contributed by atoms with Crippen LogP contribution in [0.4, 0.5) is 4.79 Å². The van der Waals surface area contributed by atoms with Crippen LogP contribution < -0.4 is 5.32 Å². The third-order valence-electron chi connectivity index (χ3n) is 4.43. The van der Waals surface area contributed by atoms with Gasteiger partial charge < -0.3 is 10.2 Å². The Hall–Kier alpha value is -1.35. The van der Waals surface area contributed by atoms with E-state index in [2.05, 4.69) is 27.9 Å². The first-order valence-electron chi connectivity index (χ1n) is 7.19. The molecule has 6 nitrogen and oxygen atoms in total. The van der Waals surface area contributed by atoms with E-state index >= 15 is 0 Å². The number of urea groups is 1. The van der Waals surface area contributed by atoms with Crippen molar-refractivity contribution in [3.05, 3.63) is 32.4 Å². The molecule has 0 unspecified atom stereocenters. The molecule has 0 radical (unpaired) electrons. The van der Waals surface area contributed by atoms with E-state index in [0.29, 0.717) is 36.5 Å². The maximum Gasteiger partial charge on any atom is 0.324 e. The molecule has 1 N–H and O–H groups in total. The summed E-state index contributed by atoms with van der Waals surface area (Å²) in [7, 11) is 1.47. The summed E-state index contributed by atoms with van der Waals surface area (Å²) in [5, 5.41) is 3.28. The second kappa shape index (κ2) is 5.94. The smallest absolute Gasteiger partial charge is 0.324 e. The number of hydrogen-bond acceptors (Lipinski definition) is 3. The quantitative estimate of drug-likeness (QED) is 0.529. The second-order valence-electron chi connectivity index (χ2n) is 5.79. The molecule has 4 amide bonds. The third-order valence-corrected chi connectivity index (χ3v) is 5.60. The van der Waals surface area contributed by atoms with Crippen molar-refractivity contribution >= 4 is 52.0 Å². The molecule has 1 spiro atoms. The van der Waals surface area contributed by atoms with Gasteiger partial charge in [0.15, 0.2) is 0 Å². The van der Waals surface area contributed by atoms with Gasteiger partial charge in [0.05, 0.1) is 5.56 Å². The molecule has 0 aliphatic carbocycles. The summed E-state index contributed by atoms with van der Waals surface area (Å²) >= 11 is 8.08. The van der Waals surface area contributed by atoms with Crippen molar-refractivity contribution in [1.82, 2.24) is 15.1 Å². The van der Waals surface area contributed by atoms with Gasteiger partial charge in [-0.2, -0.15) is 0 Å². The summed E-state index contributed by atoms with van der Waals surface area (Å²) in [6, 6.07) is 4.83. The molecule has 23 heavy (non-hydrogen) atoms. The number of likely N-dealkylation sites (N-methyl/N-ethyl adjacent to an activating group) is 1. The lowest BCUT2D eigenvalue weighted by atomic mass is 9.87. The normalized spacial score (nSPS) is 20.1. The third kappa shape index (κ3) is 2.80. The van der Waals surface area contributed by atoms with Crippen LogP contribution in [0, 0.1) is 3.57 Å². The Morgan fingerprint density at radius 2 is 1.96 bits per heavy atom. The van der Waals surface area contributed by atoms with Crippen LogP contribution in [-0.4, -0.2) is 53.3 Å². The molecule has 8 heteroatoms. The van der Waals surface area contributed by atoms with E-state index in [1.54, 1.807) is 23.1 Å². The van der Waals surface area contributed by atoms with E-state index in [0.717, 1.165) is 8.47 Å². The maximum atomic E-state index is 12.7. The van der Waals surface area contributed by atoms with E-state index in [-0.39, 0.29) is 17.8 Å². The first-order valence-corrected chi connectivity index (χ1v) is 8.64. The summed E-state index contributed by atoms with van der Waals surface area (Å²) in [6.07, 6.45) is 0.843. The molecule has 0 aromatic heterocycles. The second-order valence-corrected chi connectivity index (χ2v) is 7.39. The van der Waals surface area contributed by atoms with Gasteiger partial charge in [0, 0.05) is 28.7 Å². The Bertz CT molecular complexity index is 701. The number of amides is 4. The van der Waals surface area contributed by atoms with Crippen LogP contribution in [0.2, 0.25) is 5.02 Å². The number of halogens is 2. The van der Waals surface area contributed by atoms with Crippen molar-refractivity contribution in [3.8, 4) is 0 Å². The zero-order valence-corrected chi connectivity index (χ0v) is 15.3. The first-order chi connectivity index (χ1) is 10.8. The minimum absolute atomic E-state index is 0.100. The lowest BCUT2D eigenvalue weighted by molar-refractivity contribution is -0.131. The van der Waals surface area contributed by atoms with E-state index < -0.39 is 5.54 Å². The van der Waals surface area contributed by atoms with Crippen LogP contribution in [0.1, 0.15) is 23.2 Å². The molecule has 1 aromatic rings. The lowest BCUT2D eigenvalue weighted by Crippen LogP contribution is -2.55. The monoisotopic (exact) mass is 447 g/mol. The average molecular weight is 448 g/mol. The Balaban J connectivity index is 1.74. The number of benzene rings is 1. The Morgan fingerprint density at radius 3 is 2.52 bits per heavy atom. The summed E-state index contributed by atoms with van der Waals surface area (Å²) in [4.78, 5) is 39.4. The van der Waals surface area contributed by atoms with Crippen LogP contribution in [-0.2, 0) is 4.79 Å². The predicted octanol–water partition coefficient (Wildman–Crippen LogP) is 2.10. The largest absolute Gasteiger partial charge is 0.338 e. The summed E-state index contributed by atoms with van der Waals surface area (Å²) in [6.45, 7) is 0.836. The molecule has 2 saturated heterocycles. The molecule has 2 aliphatic rings. The number of hydrogen-bond donors (Lipinski definition) is 1.